The number of hydrogen-bond acceptors (Lipinski definition) is 4. The summed E-state index contributed by atoms with van der Waals surface area (Å²) in [6, 6.07) is 23.3. The van der Waals surface area contributed by atoms with E-state index in [1.165, 1.54) is 0 Å². The van der Waals surface area contributed by atoms with Crippen LogP contribution in [-0.2, 0) is 11.3 Å². The number of hydrogen-bond donors (Lipinski definition) is 0. The van der Waals surface area contributed by atoms with Gasteiger partial charge in [0.05, 0.1) is 24.8 Å². The van der Waals surface area contributed by atoms with Gasteiger partial charge < -0.3 is 18.9 Å². The molecule has 0 bridgehead atoms. The largest absolute Gasteiger partial charge is 0.497 e. The molecule has 1 aliphatic rings. The lowest BCUT2D eigenvalue weighted by Gasteiger charge is -2.18. The van der Waals surface area contributed by atoms with Gasteiger partial charge in [0.2, 0.25) is 5.91 Å². The van der Waals surface area contributed by atoms with E-state index in [9.17, 15) is 4.79 Å². The number of imidazole rings is 1. The van der Waals surface area contributed by atoms with Crippen LogP contribution in [0.3, 0.4) is 0 Å². The van der Waals surface area contributed by atoms with Crippen molar-refractivity contribution < 1.29 is 14.3 Å². The van der Waals surface area contributed by atoms with Gasteiger partial charge in [-0.15, -0.1) is 0 Å². The van der Waals surface area contributed by atoms with Gasteiger partial charge in [-0.3, -0.25) is 4.79 Å². The Morgan fingerprint density at radius 3 is 2.69 bits per heavy atom. The minimum absolute atomic E-state index is 0.0296. The Morgan fingerprint density at radius 1 is 1.00 bits per heavy atom. The lowest BCUT2D eigenvalue weighted by Crippen LogP contribution is -2.24. The van der Waals surface area contributed by atoms with E-state index in [0.717, 1.165) is 53.4 Å². The fourth-order valence-corrected chi connectivity index (χ4v) is 4.85. The zero-order valence-electron chi connectivity index (χ0n) is 19.7. The number of unbranched alkanes of at least 4 members (excludes halogenated alkanes) is 1. The van der Waals surface area contributed by atoms with E-state index in [1.807, 2.05) is 71.6 Å². The maximum absolute atomic E-state index is 12.9. The molecule has 1 amide bonds. The molecular formula is C28H28ClN3O3. The highest BCUT2D eigenvalue weighted by Gasteiger charge is 2.34. The number of halogens is 1. The van der Waals surface area contributed by atoms with E-state index in [1.54, 1.807) is 7.11 Å². The van der Waals surface area contributed by atoms with E-state index < -0.39 is 0 Å². The predicted molar refractivity (Wildman–Crippen MR) is 139 cm³/mol. The molecule has 3 aromatic carbocycles. The number of amides is 1. The van der Waals surface area contributed by atoms with Gasteiger partial charge in [-0.1, -0.05) is 35.9 Å². The Morgan fingerprint density at radius 2 is 1.83 bits per heavy atom. The van der Waals surface area contributed by atoms with Crippen molar-refractivity contribution in [3.05, 3.63) is 83.6 Å². The molecular weight excluding hydrogens is 462 g/mol. The third kappa shape index (κ3) is 5.13. The molecule has 1 unspecified atom stereocenters. The number of benzene rings is 3. The normalized spacial score (nSPS) is 15.7. The maximum Gasteiger partial charge on any atom is 0.227 e. The summed E-state index contributed by atoms with van der Waals surface area (Å²) in [5.41, 5.74) is 2.90. The fourth-order valence-electron chi connectivity index (χ4n) is 4.67. The molecule has 7 heteroatoms. The van der Waals surface area contributed by atoms with E-state index in [4.69, 9.17) is 26.1 Å². The number of anilines is 1. The van der Waals surface area contributed by atoms with Crippen molar-refractivity contribution >= 4 is 34.2 Å². The molecule has 0 radical (unpaired) electrons. The van der Waals surface area contributed by atoms with Crippen LogP contribution < -0.4 is 14.4 Å². The minimum atomic E-state index is 0.0296. The Bertz CT molecular complexity index is 1340. The summed E-state index contributed by atoms with van der Waals surface area (Å²) in [7, 11) is 1.65. The first kappa shape index (κ1) is 23.2. The first-order chi connectivity index (χ1) is 17.1. The lowest BCUT2D eigenvalue weighted by atomic mass is 10.1. The summed E-state index contributed by atoms with van der Waals surface area (Å²) in [4.78, 5) is 19.7. The van der Waals surface area contributed by atoms with Crippen LogP contribution in [0.1, 0.15) is 31.0 Å². The van der Waals surface area contributed by atoms with Crippen molar-refractivity contribution in [1.29, 1.82) is 0 Å². The van der Waals surface area contributed by atoms with Crippen molar-refractivity contribution in [3.63, 3.8) is 0 Å². The molecule has 1 aliphatic heterocycles. The third-order valence-electron chi connectivity index (χ3n) is 6.38. The maximum atomic E-state index is 12.9. The van der Waals surface area contributed by atoms with Crippen LogP contribution in [0.2, 0.25) is 5.02 Å². The van der Waals surface area contributed by atoms with Crippen molar-refractivity contribution in [2.75, 3.05) is 25.2 Å². The monoisotopic (exact) mass is 489 g/mol. The molecule has 0 N–H and O–H groups in total. The second-order valence-corrected chi connectivity index (χ2v) is 9.17. The standard InChI is InChI=1S/C28H28ClN3O3/c1-34-23-10-7-11-24(18-23)35-15-5-4-14-31-26-13-3-2-12-25(26)30-28(31)20-16-27(33)32(19-20)22-9-6-8-21(29)17-22/h2-3,6-13,17-18,20H,4-5,14-16,19H2,1H3. The van der Waals surface area contributed by atoms with Crippen LogP contribution in [0.25, 0.3) is 11.0 Å². The van der Waals surface area contributed by atoms with Crippen LogP contribution in [0.15, 0.2) is 72.8 Å². The van der Waals surface area contributed by atoms with Crippen LogP contribution in [-0.4, -0.2) is 35.7 Å². The SMILES string of the molecule is COc1cccc(OCCCCn2c(C3CC(=O)N(c4cccc(Cl)c4)C3)nc3ccccc32)c1. The van der Waals surface area contributed by atoms with Gasteiger partial charge in [0.1, 0.15) is 17.3 Å². The van der Waals surface area contributed by atoms with Gasteiger partial charge in [0.15, 0.2) is 0 Å². The molecule has 180 valence electrons. The van der Waals surface area contributed by atoms with Gasteiger partial charge in [-0.25, -0.2) is 4.98 Å². The number of rotatable bonds is 9. The average molecular weight is 490 g/mol. The van der Waals surface area contributed by atoms with E-state index in [2.05, 4.69) is 10.6 Å². The summed E-state index contributed by atoms with van der Waals surface area (Å²) >= 11 is 6.17. The molecule has 1 atom stereocenters. The van der Waals surface area contributed by atoms with Crippen LogP contribution in [0.4, 0.5) is 5.69 Å². The van der Waals surface area contributed by atoms with Crippen molar-refractivity contribution in [1.82, 2.24) is 9.55 Å². The molecule has 0 saturated carbocycles. The van der Waals surface area contributed by atoms with Gasteiger partial charge in [0.25, 0.3) is 0 Å². The fraction of sp³-hybridized carbons (Fsp3) is 0.286. The molecule has 4 aromatic rings. The Kier molecular flexibility index (Phi) is 6.91. The first-order valence-corrected chi connectivity index (χ1v) is 12.3. The third-order valence-corrected chi connectivity index (χ3v) is 6.62. The highest BCUT2D eigenvalue weighted by Crippen LogP contribution is 2.34. The molecule has 2 heterocycles. The van der Waals surface area contributed by atoms with E-state index in [-0.39, 0.29) is 11.8 Å². The van der Waals surface area contributed by atoms with Gasteiger partial charge >= 0.3 is 0 Å². The molecule has 0 aliphatic carbocycles. The number of carbonyl (C=O) groups excluding carboxylic acids is 1. The summed E-state index contributed by atoms with van der Waals surface area (Å²) in [6.45, 7) is 2.04. The predicted octanol–water partition coefficient (Wildman–Crippen LogP) is 6.08. The van der Waals surface area contributed by atoms with E-state index >= 15 is 0 Å². The molecule has 35 heavy (non-hydrogen) atoms. The molecule has 1 aromatic heterocycles. The smallest absolute Gasteiger partial charge is 0.227 e. The zero-order valence-corrected chi connectivity index (χ0v) is 20.4. The number of aryl methyl sites for hydroxylation is 1. The number of para-hydroxylation sites is 2. The van der Waals surface area contributed by atoms with Crippen molar-refractivity contribution in [3.8, 4) is 11.5 Å². The number of fused-ring (bicyclic) bond motifs is 1. The first-order valence-electron chi connectivity index (χ1n) is 11.9. The quantitative estimate of drug-likeness (QED) is 0.267. The highest BCUT2D eigenvalue weighted by molar-refractivity contribution is 6.30. The highest BCUT2D eigenvalue weighted by atomic mass is 35.5. The van der Waals surface area contributed by atoms with Crippen LogP contribution in [0, 0.1) is 0 Å². The second kappa shape index (κ2) is 10.4. The number of ether oxygens (including phenoxy) is 2. The Balaban J connectivity index is 1.28. The molecule has 0 spiro atoms. The van der Waals surface area contributed by atoms with Crippen LogP contribution in [0.5, 0.6) is 11.5 Å². The van der Waals surface area contributed by atoms with Crippen molar-refractivity contribution in [2.24, 2.45) is 0 Å². The summed E-state index contributed by atoms with van der Waals surface area (Å²) in [5.74, 6) is 2.70. The molecule has 1 saturated heterocycles. The summed E-state index contributed by atoms with van der Waals surface area (Å²) < 4.78 is 13.4. The second-order valence-electron chi connectivity index (χ2n) is 8.73. The molecule has 5 rings (SSSR count). The van der Waals surface area contributed by atoms with Gasteiger partial charge in [-0.2, -0.15) is 0 Å². The Hall–Kier alpha value is -3.51. The lowest BCUT2D eigenvalue weighted by molar-refractivity contribution is -0.117. The summed E-state index contributed by atoms with van der Waals surface area (Å²) in [5, 5.41) is 0.627. The van der Waals surface area contributed by atoms with Crippen LogP contribution >= 0.6 is 11.6 Å². The van der Waals surface area contributed by atoms with E-state index in [0.29, 0.717) is 24.6 Å². The van der Waals surface area contributed by atoms with Gasteiger partial charge in [-0.05, 0) is 55.3 Å². The topological polar surface area (TPSA) is 56.6 Å². The average Bonchev–Trinajstić information content (AvgIpc) is 3.44. The number of aromatic nitrogens is 2. The zero-order chi connectivity index (χ0) is 24.2. The molecule has 1 fully saturated rings. The number of nitrogens with zero attached hydrogens (tertiary/aromatic N) is 3. The summed E-state index contributed by atoms with van der Waals surface area (Å²) in [6.07, 6.45) is 2.28. The molecule has 6 nitrogen and oxygen atoms in total. The van der Waals surface area contributed by atoms with Crippen molar-refractivity contribution in [2.45, 2.75) is 31.7 Å². The Labute approximate surface area is 210 Å². The number of methoxy groups -OCH3 is 1. The minimum Gasteiger partial charge on any atom is -0.497 e. The number of carbonyl (C=O) groups is 1. The van der Waals surface area contributed by atoms with Gasteiger partial charge in [0, 0.05) is 42.2 Å².